The average Bonchev–Trinajstić information content (AvgIpc) is 2.76. The number of hydrogen-bond donors (Lipinski definition) is 1. The zero-order valence-electron chi connectivity index (χ0n) is 17.3. The molecule has 0 fully saturated rings. The van der Waals surface area contributed by atoms with Crippen LogP contribution in [0.4, 0.5) is 0 Å². The Morgan fingerprint density at radius 3 is 2.33 bits per heavy atom. The van der Waals surface area contributed by atoms with Gasteiger partial charge in [-0.05, 0) is 12.3 Å². The Kier molecular flexibility index (Phi) is 7.41. The van der Waals surface area contributed by atoms with Gasteiger partial charge in [-0.15, -0.1) is 10.2 Å². The molecule has 3 rings (SSSR count). The number of hydrogen-bond acceptors (Lipinski definition) is 6. The highest BCUT2D eigenvalue weighted by Gasteiger charge is 2.23. The molecule has 0 unspecified atom stereocenters. The van der Waals surface area contributed by atoms with Crippen molar-refractivity contribution in [3.05, 3.63) is 54.6 Å². The van der Waals surface area contributed by atoms with Gasteiger partial charge < -0.3 is 10.1 Å². The molecule has 0 saturated heterocycles. The van der Waals surface area contributed by atoms with E-state index in [0.29, 0.717) is 11.4 Å². The average molecular weight is 424 g/mol. The third kappa shape index (κ3) is 5.36. The molecule has 0 aliphatic carbocycles. The molecule has 0 spiro atoms. The lowest BCUT2D eigenvalue weighted by molar-refractivity contribution is -0.145. The zero-order chi connectivity index (χ0) is 21.5. The van der Waals surface area contributed by atoms with Crippen molar-refractivity contribution >= 4 is 34.4 Å². The second-order valence-corrected chi connectivity index (χ2v) is 8.29. The Morgan fingerprint density at radius 1 is 1.00 bits per heavy atom. The van der Waals surface area contributed by atoms with Crippen molar-refractivity contribution in [1.29, 1.82) is 0 Å². The van der Waals surface area contributed by atoms with Crippen molar-refractivity contribution in [1.82, 2.24) is 15.5 Å². The first-order valence-electron chi connectivity index (χ1n) is 9.80. The molecule has 0 aliphatic rings. The van der Waals surface area contributed by atoms with Gasteiger partial charge in [-0.3, -0.25) is 4.79 Å². The first-order valence-corrected chi connectivity index (χ1v) is 10.8. The number of ether oxygens (including phenoxy) is 1. The fraction of sp³-hybridized carbons (Fsp3) is 0.304. The smallest absolute Gasteiger partial charge is 0.328 e. The maximum Gasteiger partial charge on any atom is 0.328 e. The minimum Gasteiger partial charge on any atom is -0.467 e. The highest BCUT2D eigenvalue weighted by Crippen LogP contribution is 2.31. The van der Waals surface area contributed by atoms with E-state index in [4.69, 9.17) is 4.74 Å². The minimum atomic E-state index is -0.647. The lowest BCUT2D eigenvalue weighted by atomic mass is 10.0. The van der Waals surface area contributed by atoms with Crippen molar-refractivity contribution in [2.45, 2.75) is 31.3 Å². The lowest BCUT2D eigenvalue weighted by Crippen LogP contribution is -2.43. The number of nitrogens with one attached hydrogen (secondary N) is 1. The molecule has 0 aliphatic heterocycles. The van der Waals surface area contributed by atoms with Crippen LogP contribution < -0.4 is 5.32 Å². The molecule has 2 aromatic carbocycles. The van der Waals surface area contributed by atoms with E-state index in [9.17, 15) is 9.59 Å². The van der Waals surface area contributed by atoms with E-state index in [1.54, 1.807) is 0 Å². The molecular formula is C23H25N3O3S. The molecule has 0 radical (unpaired) electrons. The minimum absolute atomic E-state index is 0.134. The predicted molar refractivity (Wildman–Crippen MR) is 119 cm³/mol. The summed E-state index contributed by atoms with van der Waals surface area (Å²) in [5.74, 6) is -0.287. The molecule has 156 valence electrons. The van der Waals surface area contributed by atoms with Crippen LogP contribution in [0, 0.1) is 5.92 Å². The Balaban J connectivity index is 1.77. The number of aromatic nitrogens is 2. The van der Waals surface area contributed by atoms with Gasteiger partial charge in [0.2, 0.25) is 5.91 Å². The van der Waals surface area contributed by atoms with Crippen LogP contribution in [0.25, 0.3) is 22.0 Å². The van der Waals surface area contributed by atoms with Crippen molar-refractivity contribution in [3.8, 4) is 11.3 Å². The molecule has 1 aromatic heterocycles. The number of carbonyl (C=O) groups excluding carboxylic acids is 2. The summed E-state index contributed by atoms with van der Waals surface area (Å²) in [7, 11) is 1.33. The van der Waals surface area contributed by atoms with Gasteiger partial charge in [0.05, 0.1) is 12.9 Å². The largest absolute Gasteiger partial charge is 0.467 e. The first kappa shape index (κ1) is 21.8. The van der Waals surface area contributed by atoms with Gasteiger partial charge in [-0.25, -0.2) is 4.79 Å². The molecular weight excluding hydrogens is 398 g/mol. The molecule has 1 amide bonds. The van der Waals surface area contributed by atoms with Crippen molar-refractivity contribution in [2.75, 3.05) is 12.9 Å². The van der Waals surface area contributed by atoms with Gasteiger partial charge >= 0.3 is 5.97 Å². The summed E-state index contributed by atoms with van der Waals surface area (Å²) in [5.41, 5.74) is 1.80. The number of carbonyl (C=O) groups is 2. The van der Waals surface area contributed by atoms with Crippen LogP contribution >= 0.6 is 11.8 Å². The summed E-state index contributed by atoms with van der Waals surface area (Å²) >= 11 is 1.30. The van der Waals surface area contributed by atoms with Crippen LogP contribution in [0.3, 0.4) is 0 Å². The maximum absolute atomic E-state index is 12.5. The van der Waals surface area contributed by atoms with Gasteiger partial charge in [0.15, 0.2) is 0 Å². The standard InChI is InChI=1S/C23H25N3O3S/c1-15(2)13-19(23(28)29-3)24-20(27)14-30-22-18-12-8-7-11-17(18)21(25-26-22)16-9-5-4-6-10-16/h4-12,15,19H,13-14H2,1-3H3,(H,24,27)/t19-/m1/s1. The van der Waals surface area contributed by atoms with E-state index in [1.807, 2.05) is 68.4 Å². The van der Waals surface area contributed by atoms with E-state index in [2.05, 4.69) is 15.5 Å². The number of nitrogens with zero attached hydrogens (tertiary/aromatic N) is 2. The lowest BCUT2D eigenvalue weighted by Gasteiger charge is -2.18. The topological polar surface area (TPSA) is 81.2 Å². The van der Waals surface area contributed by atoms with Crippen LogP contribution in [0.5, 0.6) is 0 Å². The number of amides is 1. The molecule has 30 heavy (non-hydrogen) atoms. The predicted octanol–water partition coefficient (Wildman–Crippen LogP) is 4.09. The summed E-state index contributed by atoms with van der Waals surface area (Å²) in [5, 5.41) is 14.2. The summed E-state index contributed by atoms with van der Waals surface area (Å²) in [6.45, 7) is 3.99. The van der Waals surface area contributed by atoms with Crippen molar-refractivity contribution in [3.63, 3.8) is 0 Å². The number of thioether (sulfide) groups is 1. The molecule has 7 heteroatoms. The second kappa shape index (κ2) is 10.2. The normalized spacial score (nSPS) is 12.0. The van der Waals surface area contributed by atoms with Gasteiger partial charge in [-0.2, -0.15) is 0 Å². The molecule has 1 atom stereocenters. The number of fused-ring (bicyclic) bond motifs is 1. The van der Waals surface area contributed by atoms with Gasteiger partial charge in [0, 0.05) is 16.3 Å². The van der Waals surface area contributed by atoms with E-state index in [0.717, 1.165) is 22.0 Å². The van der Waals surface area contributed by atoms with Crippen LogP contribution in [-0.4, -0.2) is 41.0 Å². The Morgan fingerprint density at radius 2 is 1.67 bits per heavy atom. The summed E-state index contributed by atoms with van der Waals surface area (Å²) in [6.07, 6.45) is 0.525. The quantitative estimate of drug-likeness (QED) is 0.434. The maximum atomic E-state index is 12.5. The summed E-state index contributed by atoms with van der Waals surface area (Å²) in [6, 6.07) is 17.1. The molecule has 1 N–H and O–H groups in total. The monoisotopic (exact) mass is 423 g/mol. The number of rotatable bonds is 8. The second-order valence-electron chi connectivity index (χ2n) is 7.33. The van der Waals surface area contributed by atoms with Gasteiger partial charge in [0.1, 0.15) is 16.8 Å². The molecule has 3 aromatic rings. The van der Waals surface area contributed by atoms with Crippen LogP contribution in [0.2, 0.25) is 0 Å². The molecule has 0 saturated carbocycles. The number of benzene rings is 2. The third-order valence-corrected chi connectivity index (χ3v) is 5.55. The van der Waals surface area contributed by atoms with E-state index < -0.39 is 12.0 Å². The fourth-order valence-corrected chi connectivity index (χ4v) is 3.98. The Hall–Kier alpha value is -2.93. The fourth-order valence-electron chi connectivity index (χ4n) is 3.19. The first-order chi connectivity index (χ1) is 14.5. The van der Waals surface area contributed by atoms with Gasteiger partial charge in [0.25, 0.3) is 0 Å². The van der Waals surface area contributed by atoms with Gasteiger partial charge in [-0.1, -0.05) is 80.2 Å². The van der Waals surface area contributed by atoms with E-state index >= 15 is 0 Å². The highest BCUT2D eigenvalue weighted by atomic mass is 32.2. The summed E-state index contributed by atoms with van der Waals surface area (Å²) < 4.78 is 4.81. The molecule has 0 bridgehead atoms. The highest BCUT2D eigenvalue weighted by molar-refractivity contribution is 8.00. The van der Waals surface area contributed by atoms with Crippen molar-refractivity contribution in [2.24, 2.45) is 5.92 Å². The van der Waals surface area contributed by atoms with Crippen molar-refractivity contribution < 1.29 is 14.3 Å². The summed E-state index contributed by atoms with van der Waals surface area (Å²) in [4.78, 5) is 24.4. The van der Waals surface area contributed by atoms with Crippen LogP contribution in [0.1, 0.15) is 20.3 Å². The van der Waals surface area contributed by atoms with E-state index in [-0.39, 0.29) is 17.6 Å². The van der Waals surface area contributed by atoms with E-state index in [1.165, 1.54) is 18.9 Å². The number of methoxy groups -OCH3 is 1. The zero-order valence-corrected chi connectivity index (χ0v) is 18.1. The Labute approximate surface area is 180 Å². The van der Waals surface area contributed by atoms with Crippen LogP contribution in [-0.2, 0) is 14.3 Å². The SMILES string of the molecule is COC(=O)[C@@H](CC(C)C)NC(=O)CSc1nnc(-c2ccccc2)c2ccccc12. The molecule has 6 nitrogen and oxygen atoms in total. The Bertz CT molecular complexity index is 1020. The number of esters is 1. The third-order valence-electron chi connectivity index (χ3n) is 4.57. The molecule has 1 heterocycles. The van der Waals surface area contributed by atoms with Crippen LogP contribution in [0.15, 0.2) is 59.6 Å².